The van der Waals surface area contributed by atoms with Gasteiger partial charge in [0.15, 0.2) is 0 Å². The van der Waals surface area contributed by atoms with Crippen LogP contribution in [0, 0.1) is 5.92 Å². The Morgan fingerprint density at radius 3 is 3.06 bits per heavy atom. The number of ether oxygens (including phenoxy) is 1. The van der Waals surface area contributed by atoms with Crippen LogP contribution in [0.1, 0.15) is 13.3 Å². The molecule has 1 aromatic heterocycles. The molecule has 0 saturated carbocycles. The lowest BCUT2D eigenvalue weighted by Gasteiger charge is -2.14. The van der Waals surface area contributed by atoms with Gasteiger partial charge in [0.2, 0.25) is 10.0 Å². The molecule has 0 aliphatic carbocycles. The van der Waals surface area contributed by atoms with E-state index in [9.17, 15) is 8.42 Å². The van der Waals surface area contributed by atoms with Crippen LogP contribution in [0.5, 0.6) is 0 Å². The predicted octanol–water partition coefficient (Wildman–Crippen LogP) is 0.113. The topological polar surface area (TPSA) is 84.1 Å². The molecule has 2 N–H and O–H groups in total. The minimum Gasteiger partial charge on any atom is -0.378 e. The van der Waals surface area contributed by atoms with Gasteiger partial charge >= 0.3 is 0 Å². The lowest BCUT2D eigenvalue weighted by atomic mass is 10.0. The summed E-state index contributed by atoms with van der Waals surface area (Å²) in [5.74, 6) is 0.252. The molecule has 0 aromatic carbocycles. The summed E-state index contributed by atoms with van der Waals surface area (Å²) in [5, 5.41) is 6.09. The van der Waals surface area contributed by atoms with Gasteiger partial charge in [0, 0.05) is 25.3 Å². The van der Waals surface area contributed by atoms with Gasteiger partial charge in [0.05, 0.1) is 12.3 Å². The minimum absolute atomic E-state index is 0.118. The van der Waals surface area contributed by atoms with E-state index >= 15 is 0 Å². The normalized spacial score (nSPS) is 26.1. The third kappa shape index (κ3) is 2.42. The van der Waals surface area contributed by atoms with E-state index in [0.29, 0.717) is 13.2 Å². The molecule has 16 heavy (non-hydrogen) atoms. The Hall–Kier alpha value is -0.920. The van der Waals surface area contributed by atoms with Gasteiger partial charge in [-0.1, -0.05) is 0 Å². The van der Waals surface area contributed by atoms with E-state index < -0.39 is 10.0 Å². The molecule has 7 heteroatoms. The second-order valence-electron chi connectivity index (χ2n) is 3.91. The van der Waals surface area contributed by atoms with Gasteiger partial charge in [-0.25, -0.2) is 13.1 Å². The molecule has 1 saturated heterocycles. The lowest BCUT2D eigenvalue weighted by Crippen LogP contribution is -2.31. The maximum absolute atomic E-state index is 11.7. The molecule has 0 bridgehead atoms. The number of aromatic amines is 1. The highest BCUT2D eigenvalue weighted by molar-refractivity contribution is 7.89. The molecule has 1 fully saturated rings. The van der Waals surface area contributed by atoms with Crippen molar-refractivity contribution in [1.29, 1.82) is 0 Å². The quantitative estimate of drug-likeness (QED) is 0.788. The Bertz CT molecular complexity index is 429. The number of hydrogen-bond donors (Lipinski definition) is 2. The zero-order valence-electron chi connectivity index (χ0n) is 9.01. The Labute approximate surface area is 94.4 Å². The third-order valence-corrected chi connectivity index (χ3v) is 4.24. The molecule has 2 heterocycles. The van der Waals surface area contributed by atoms with E-state index in [-0.39, 0.29) is 16.9 Å². The summed E-state index contributed by atoms with van der Waals surface area (Å²) in [6.07, 6.45) is 3.66. The van der Waals surface area contributed by atoms with Gasteiger partial charge in [-0.2, -0.15) is 5.10 Å². The van der Waals surface area contributed by atoms with Gasteiger partial charge in [-0.05, 0) is 13.3 Å². The van der Waals surface area contributed by atoms with Crippen molar-refractivity contribution in [3.05, 3.63) is 12.4 Å². The molecule has 2 unspecified atom stereocenters. The first-order chi connectivity index (χ1) is 7.59. The highest BCUT2D eigenvalue weighted by Gasteiger charge is 2.26. The Morgan fingerprint density at radius 2 is 2.50 bits per heavy atom. The molecule has 6 nitrogen and oxygen atoms in total. The Kier molecular flexibility index (Phi) is 3.27. The third-order valence-electron chi connectivity index (χ3n) is 2.85. The second-order valence-corrected chi connectivity index (χ2v) is 5.68. The number of sulfonamides is 1. The summed E-state index contributed by atoms with van der Waals surface area (Å²) >= 11 is 0. The zero-order valence-corrected chi connectivity index (χ0v) is 9.83. The van der Waals surface area contributed by atoms with Crippen LogP contribution in [-0.4, -0.2) is 37.9 Å². The number of H-pyrrole nitrogens is 1. The number of nitrogens with zero attached hydrogens (tertiary/aromatic N) is 1. The smallest absolute Gasteiger partial charge is 0.243 e. The molecule has 0 spiro atoms. The zero-order chi connectivity index (χ0) is 11.6. The largest absolute Gasteiger partial charge is 0.378 e. The lowest BCUT2D eigenvalue weighted by molar-refractivity contribution is 0.107. The van der Waals surface area contributed by atoms with Gasteiger partial charge < -0.3 is 4.74 Å². The molecular formula is C9H15N3O3S. The first-order valence-electron chi connectivity index (χ1n) is 5.19. The molecule has 1 aliphatic heterocycles. The summed E-state index contributed by atoms with van der Waals surface area (Å²) in [7, 11) is -3.43. The van der Waals surface area contributed by atoms with Crippen LogP contribution in [-0.2, 0) is 14.8 Å². The Balaban J connectivity index is 1.95. The highest BCUT2D eigenvalue weighted by Crippen LogP contribution is 2.20. The van der Waals surface area contributed by atoms with Crippen molar-refractivity contribution >= 4 is 10.0 Å². The van der Waals surface area contributed by atoms with Gasteiger partial charge in [0.1, 0.15) is 4.90 Å². The highest BCUT2D eigenvalue weighted by atomic mass is 32.2. The van der Waals surface area contributed by atoms with Crippen molar-refractivity contribution < 1.29 is 13.2 Å². The van der Waals surface area contributed by atoms with E-state index in [1.165, 1.54) is 12.4 Å². The summed E-state index contributed by atoms with van der Waals surface area (Å²) < 4.78 is 31.4. The molecule has 0 amide bonds. The maximum atomic E-state index is 11.7. The van der Waals surface area contributed by atoms with Crippen LogP contribution < -0.4 is 4.72 Å². The maximum Gasteiger partial charge on any atom is 0.243 e. The molecule has 2 rings (SSSR count). The number of nitrogens with one attached hydrogen (secondary N) is 2. The van der Waals surface area contributed by atoms with Gasteiger partial charge in [-0.3, -0.25) is 5.10 Å². The summed E-state index contributed by atoms with van der Waals surface area (Å²) in [6.45, 7) is 3.08. The number of hydrogen-bond acceptors (Lipinski definition) is 4. The van der Waals surface area contributed by atoms with E-state index in [1.54, 1.807) is 0 Å². The van der Waals surface area contributed by atoms with Crippen molar-refractivity contribution in [2.24, 2.45) is 5.92 Å². The molecule has 2 atom stereocenters. The van der Waals surface area contributed by atoms with Crippen molar-refractivity contribution in [3.8, 4) is 0 Å². The summed E-state index contributed by atoms with van der Waals surface area (Å²) in [4.78, 5) is 0.166. The van der Waals surface area contributed by atoms with Crippen molar-refractivity contribution in [3.63, 3.8) is 0 Å². The van der Waals surface area contributed by atoms with Gasteiger partial charge in [-0.15, -0.1) is 0 Å². The van der Waals surface area contributed by atoms with Gasteiger partial charge in [0.25, 0.3) is 0 Å². The van der Waals surface area contributed by atoms with Crippen LogP contribution in [0.2, 0.25) is 0 Å². The van der Waals surface area contributed by atoms with E-state index in [1.807, 2.05) is 6.92 Å². The SMILES string of the molecule is CC1OCCC1CNS(=O)(=O)c1cn[nH]c1. The monoisotopic (exact) mass is 245 g/mol. The van der Waals surface area contributed by atoms with Crippen LogP contribution in [0.15, 0.2) is 17.3 Å². The van der Waals surface area contributed by atoms with Crippen LogP contribution >= 0.6 is 0 Å². The predicted molar refractivity (Wildman–Crippen MR) is 57.3 cm³/mol. The molecular weight excluding hydrogens is 230 g/mol. The van der Waals surface area contributed by atoms with E-state index in [2.05, 4.69) is 14.9 Å². The van der Waals surface area contributed by atoms with Crippen LogP contribution in [0.25, 0.3) is 0 Å². The average Bonchev–Trinajstić information content (AvgIpc) is 2.85. The number of rotatable bonds is 4. The standard InChI is InChI=1S/C9H15N3O3S/c1-7-8(2-3-15-7)4-12-16(13,14)9-5-10-11-6-9/h5-8,12H,2-4H2,1H3,(H,10,11). The van der Waals surface area contributed by atoms with E-state index in [4.69, 9.17) is 4.74 Å². The van der Waals surface area contributed by atoms with Crippen molar-refractivity contribution in [2.45, 2.75) is 24.3 Å². The fourth-order valence-electron chi connectivity index (χ4n) is 1.73. The summed E-state index contributed by atoms with van der Waals surface area (Å²) in [5.41, 5.74) is 0. The average molecular weight is 245 g/mol. The van der Waals surface area contributed by atoms with Crippen molar-refractivity contribution in [2.75, 3.05) is 13.2 Å². The van der Waals surface area contributed by atoms with Crippen LogP contribution in [0.3, 0.4) is 0 Å². The molecule has 90 valence electrons. The minimum atomic E-state index is -3.43. The second kappa shape index (κ2) is 4.52. The first kappa shape index (κ1) is 11.6. The van der Waals surface area contributed by atoms with E-state index in [0.717, 1.165) is 6.42 Å². The molecule has 1 aromatic rings. The van der Waals surface area contributed by atoms with Crippen LogP contribution in [0.4, 0.5) is 0 Å². The van der Waals surface area contributed by atoms with Crippen molar-refractivity contribution in [1.82, 2.24) is 14.9 Å². The fourth-order valence-corrected chi connectivity index (χ4v) is 2.73. The first-order valence-corrected chi connectivity index (χ1v) is 6.68. The summed E-state index contributed by atoms with van der Waals surface area (Å²) in [6, 6.07) is 0. The number of aromatic nitrogens is 2. The molecule has 1 aliphatic rings. The fraction of sp³-hybridized carbons (Fsp3) is 0.667. The Morgan fingerprint density at radius 1 is 1.69 bits per heavy atom. The molecule has 0 radical (unpaired) electrons.